The normalized spacial score (nSPS) is 19.0. The van der Waals surface area contributed by atoms with Crippen molar-refractivity contribution in [2.24, 2.45) is 4.99 Å². The molecule has 4 rings (SSSR count). The molecule has 0 atom stereocenters. The molecule has 0 radical (unpaired) electrons. The van der Waals surface area contributed by atoms with Gasteiger partial charge in [0.25, 0.3) is 5.91 Å². The highest BCUT2D eigenvalue weighted by atomic mass is 35.5. The van der Waals surface area contributed by atoms with E-state index in [1.54, 1.807) is 18.2 Å². The Hall–Kier alpha value is -2.31. The average molecular weight is 402 g/mol. The van der Waals surface area contributed by atoms with Crippen molar-refractivity contribution in [3.63, 3.8) is 0 Å². The van der Waals surface area contributed by atoms with Gasteiger partial charge in [0.05, 0.1) is 10.6 Å². The van der Waals surface area contributed by atoms with Crippen molar-refractivity contribution < 1.29 is 9.18 Å². The molecule has 2 aliphatic heterocycles. The third-order valence-corrected chi connectivity index (χ3v) is 5.78. The van der Waals surface area contributed by atoms with Gasteiger partial charge >= 0.3 is 0 Å². The number of thioether (sulfide) groups is 1. The van der Waals surface area contributed by atoms with Crippen LogP contribution in [0.1, 0.15) is 5.56 Å². The smallest absolute Gasteiger partial charge is 0.286 e. The second kappa shape index (κ2) is 7.74. The number of aliphatic imine (C=N–C) groups is 1. The van der Waals surface area contributed by atoms with Crippen molar-refractivity contribution in [3.05, 3.63) is 69.8 Å². The lowest BCUT2D eigenvalue weighted by Gasteiger charge is -2.36. The Bertz CT molecular complexity index is 938. The van der Waals surface area contributed by atoms with Crippen LogP contribution in [0.4, 0.5) is 10.1 Å². The molecule has 0 spiro atoms. The molecule has 1 amide bonds. The summed E-state index contributed by atoms with van der Waals surface area (Å²) in [6.07, 6.45) is 1.81. The Balaban J connectivity index is 1.42. The zero-order valence-electron chi connectivity index (χ0n) is 14.4. The lowest BCUT2D eigenvalue weighted by Crippen LogP contribution is -2.48. The standard InChI is InChI=1S/C20H17ClFN3OS/c21-15-5-3-4-14(12-15)13-18-19(26)23-20(27-18)25-10-8-24(9-11-25)17-7-2-1-6-16(17)22/h1-7,12-13H,8-11H2/b18-13-. The first-order chi connectivity index (χ1) is 13.1. The number of para-hydroxylation sites is 1. The summed E-state index contributed by atoms with van der Waals surface area (Å²) in [7, 11) is 0. The largest absolute Gasteiger partial charge is 0.366 e. The zero-order chi connectivity index (χ0) is 18.8. The van der Waals surface area contributed by atoms with Crippen molar-refractivity contribution in [3.8, 4) is 0 Å². The maximum atomic E-state index is 14.0. The van der Waals surface area contributed by atoms with E-state index >= 15 is 0 Å². The van der Waals surface area contributed by atoms with E-state index in [0.717, 1.165) is 5.56 Å². The molecule has 0 N–H and O–H groups in total. The summed E-state index contributed by atoms with van der Waals surface area (Å²) in [5.74, 6) is -0.438. The van der Waals surface area contributed by atoms with E-state index in [9.17, 15) is 9.18 Å². The van der Waals surface area contributed by atoms with Crippen LogP contribution < -0.4 is 4.90 Å². The number of rotatable bonds is 2. The first kappa shape index (κ1) is 18.1. The number of amidine groups is 1. The third kappa shape index (κ3) is 4.01. The van der Waals surface area contributed by atoms with Crippen molar-refractivity contribution in [1.29, 1.82) is 0 Å². The maximum absolute atomic E-state index is 14.0. The summed E-state index contributed by atoms with van der Waals surface area (Å²) in [5.41, 5.74) is 1.50. The van der Waals surface area contributed by atoms with Crippen LogP contribution in [0.25, 0.3) is 6.08 Å². The Labute approximate surface area is 166 Å². The number of carbonyl (C=O) groups excluding carboxylic acids is 1. The van der Waals surface area contributed by atoms with E-state index in [2.05, 4.69) is 9.89 Å². The Kier molecular flexibility index (Phi) is 5.18. The highest BCUT2D eigenvalue weighted by molar-refractivity contribution is 8.18. The van der Waals surface area contributed by atoms with Gasteiger partial charge in [-0.15, -0.1) is 0 Å². The van der Waals surface area contributed by atoms with Gasteiger partial charge in [0.15, 0.2) is 5.17 Å². The number of halogens is 2. The number of piperazine rings is 1. The lowest BCUT2D eigenvalue weighted by molar-refractivity contribution is -0.113. The minimum atomic E-state index is -0.230. The van der Waals surface area contributed by atoms with E-state index in [4.69, 9.17) is 11.6 Å². The molecular formula is C20H17ClFN3OS. The third-order valence-electron chi connectivity index (χ3n) is 4.50. The quantitative estimate of drug-likeness (QED) is 0.704. The van der Waals surface area contributed by atoms with Gasteiger partial charge in [0.2, 0.25) is 0 Å². The minimum Gasteiger partial charge on any atom is -0.366 e. The Morgan fingerprint density at radius 3 is 2.52 bits per heavy atom. The molecule has 2 heterocycles. The van der Waals surface area contributed by atoms with Crippen LogP contribution in [0.2, 0.25) is 5.02 Å². The van der Waals surface area contributed by atoms with E-state index in [1.165, 1.54) is 17.8 Å². The number of amides is 1. The predicted octanol–water partition coefficient (Wildman–Crippen LogP) is 4.27. The summed E-state index contributed by atoms with van der Waals surface area (Å²) in [4.78, 5) is 21.1. The van der Waals surface area contributed by atoms with Gasteiger partial charge in [0.1, 0.15) is 5.82 Å². The summed E-state index contributed by atoms with van der Waals surface area (Å²) in [6.45, 7) is 2.75. The van der Waals surface area contributed by atoms with Gasteiger partial charge in [-0.05, 0) is 47.7 Å². The fourth-order valence-corrected chi connectivity index (χ4v) is 4.29. The number of carbonyl (C=O) groups is 1. The van der Waals surface area contributed by atoms with Crippen LogP contribution in [0, 0.1) is 5.82 Å². The fourth-order valence-electron chi connectivity index (χ4n) is 3.13. The highest BCUT2D eigenvalue weighted by Gasteiger charge is 2.29. The molecular weight excluding hydrogens is 385 g/mol. The number of hydrogen-bond acceptors (Lipinski definition) is 4. The molecule has 0 unspecified atom stereocenters. The van der Waals surface area contributed by atoms with Gasteiger partial charge in [-0.2, -0.15) is 4.99 Å². The van der Waals surface area contributed by atoms with Crippen molar-refractivity contribution in [2.45, 2.75) is 0 Å². The van der Waals surface area contributed by atoms with Crippen LogP contribution in [-0.2, 0) is 4.79 Å². The molecule has 138 valence electrons. The number of anilines is 1. The SMILES string of the molecule is O=C1N=C(N2CCN(c3ccccc3F)CC2)S/C1=C\c1cccc(Cl)c1. The number of benzene rings is 2. The minimum absolute atomic E-state index is 0.208. The lowest BCUT2D eigenvalue weighted by atomic mass is 10.2. The average Bonchev–Trinajstić information content (AvgIpc) is 3.03. The van der Waals surface area contributed by atoms with Crippen LogP contribution in [-0.4, -0.2) is 42.2 Å². The maximum Gasteiger partial charge on any atom is 0.286 e. The summed E-state index contributed by atoms with van der Waals surface area (Å²) < 4.78 is 14.0. The topological polar surface area (TPSA) is 35.9 Å². The van der Waals surface area contributed by atoms with Crippen molar-refractivity contribution in [2.75, 3.05) is 31.1 Å². The summed E-state index contributed by atoms with van der Waals surface area (Å²) in [6, 6.07) is 14.2. The molecule has 0 bridgehead atoms. The number of hydrogen-bond donors (Lipinski definition) is 0. The highest BCUT2D eigenvalue weighted by Crippen LogP contribution is 2.31. The van der Waals surface area contributed by atoms with Gasteiger partial charge in [-0.3, -0.25) is 4.79 Å². The second-order valence-electron chi connectivity index (χ2n) is 6.29. The molecule has 4 nitrogen and oxygen atoms in total. The van der Waals surface area contributed by atoms with Crippen LogP contribution >= 0.6 is 23.4 Å². The Morgan fingerprint density at radius 2 is 1.78 bits per heavy atom. The van der Waals surface area contributed by atoms with E-state index < -0.39 is 0 Å². The van der Waals surface area contributed by atoms with Crippen molar-refractivity contribution in [1.82, 2.24) is 4.90 Å². The van der Waals surface area contributed by atoms with E-state index in [1.807, 2.05) is 35.2 Å². The first-order valence-electron chi connectivity index (χ1n) is 8.63. The summed E-state index contributed by atoms with van der Waals surface area (Å²) >= 11 is 7.38. The molecule has 1 saturated heterocycles. The molecule has 0 saturated carbocycles. The summed E-state index contributed by atoms with van der Waals surface area (Å²) in [5, 5.41) is 1.34. The zero-order valence-corrected chi connectivity index (χ0v) is 16.0. The molecule has 0 aliphatic carbocycles. The molecule has 7 heteroatoms. The first-order valence-corrected chi connectivity index (χ1v) is 9.82. The van der Waals surface area contributed by atoms with Crippen LogP contribution in [0.3, 0.4) is 0 Å². The molecule has 1 fully saturated rings. The fraction of sp³-hybridized carbons (Fsp3) is 0.200. The van der Waals surface area contributed by atoms with Gasteiger partial charge in [-0.25, -0.2) is 4.39 Å². The number of nitrogens with zero attached hydrogens (tertiary/aromatic N) is 3. The van der Waals surface area contributed by atoms with Crippen LogP contribution in [0.5, 0.6) is 0 Å². The molecule has 2 aromatic carbocycles. The molecule has 0 aromatic heterocycles. The molecule has 2 aliphatic rings. The van der Waals surface area contributed by atoms with E-state index in [-0.39, 0.29) is 11.7 Å². The molecule has 27 heavy (non-hydrogen) atoms. The monoisotopic (exact) mass is 401 g/mol. The van der Waals surface area contributed by atoms with Crippen LogP contribution in [0.15, 0.2) is 58.4 Å². The second-order valence-corrected chi connectivity index (χ2v) is 7.74. The Morgan fingerprint density at radius 1 is 1.04 bits per heavy atom. The predicted molar refractivity (Wildman–Crippen MR) is 110 cm³/mol. The van der Waals surface area contributed by atoms with Gasteiger partial charge in [0, 0.05) is 31.2 Å². The van der Waals surface area contributed by atoms with Gasteiger partial charge < -0.3 is 9.80 Å². The molecule has 2 aromatic rings. The van der Waals surface area contributed by atoms with Gasteiger partial charge in [-0.1, -0.05) is 35.9 Å². The van der Waals surface area contributed by atoms with Crippen molar-refractivity contribution >= 4 is 46.2 Å². The van der Waals surface area contributed by atoms with E-state index in [0.29, 0.717) is 47.0 Å².